The number of carbonyl (C=O) groups excluding carboxylic acids is 2. The third kappa shape index (κ3) is 5.51. The Hall–Kier alpha value is -4.01. The minimum absolute atomic E-state index is 0.208. The van der Waals surface area contributed by atoms with Gasteiger partial charge >= 0.3 is 11.7 Å². The van der Waals surface area contributed by atoms with Gasteiger partial charge in [0.2, 0.25) is 0 Å². The van der Waals surface area contributed by atoms with Gasteiger partial charge in [0.15, 0.2) is 6.61 Å². The molecule has 154 valence electrons. The normalized spacial score (nSPS) is 10.4. The number of anilines is 1. The van der Waals surface area contributed by atoms with E-state index in [0.717, 1.165) is 16.2 Å². The Kier molecular flexibility index (Phi) is 6.53. The molecule has 0 spiro atoms. The lowest BCUT2D eigenvalue weighted by molar-refractivity contribution is -0.148. The van der Waals surface area contributed by atoms with Gasteiger partial charge in [-0.1, -0.05) is 36.4 Å². The predicted octanol–water partition coefficient (Wildman–Crippen LogP) is 1.38. The van der Waals surface area contributed by atoms with Crippen molar-refractivity contribution in [1.82, 2.24) is 9.13 Å². The van der Waals surface area contributed by atoms with Crippen molar-refractivity contribution in [1.29, 1.82) is 0 Å². The Labute approximate surface area is 170 Å². The second-order valence-electron chi connectivity index (χ2n) is 6.36. The highest BCUT2D eigenvalue weighted by molar-refractivity contribution is 5.92. The standard InChI is InChI=1S/C21H18FN3O5/c22-16-7-4-8-17(11-16)23-18(26)14-30-20(28)13-25-19(27)9-10-24(21(25)29)12-15-5-2-1-3-6-15/h1-11H,12-14H2,(H,23,26). The molecule has 1 aromatic heterocycles. The minimum atomic E-state index is -0.930. The van der Waals surface area contributed by atoms with Gasteiger partial charge in [0.05, 0.1) is 6.54 Å². The van der Waals surface area contributed by atoms with Crippen molar-refractivity contribution in [3.05, 3.63) is 99.1 Å². The molecule has 1 amide bonds. The zero-order valence-corrected chi connectivity index (χ0v) is 15.8. The maximum absolute atomic E-state index is 13.1. The zero-order chi connectivity index (χ0) is 21.5. The van der Waals surface area contributed by atoms with Gasteiger partial charge in [-0.25, -0.2) is 13.8 Å². The fourth-order valence-electron chi connectivity index (χ4n) is 2.69. The van der Waals surface area contributed by atoms with Crippen molar-refractivity contribution in [2.24, 2.45) is 0 Å². The van der Waals surface area contributed by atoms with E-state index in [-0.39, 0.29) is 12.2 Å². The number of hydrogen-bond donors (Lipinski definition) is 1. The lowest BCUT2D eigenvalue weighted by Gasteiger charge is -2.10. The van der Waals surface area contributed by atoms with Crippen LogP contribution in [0.5, 0.6) is 0 Å². The van der Waals surface area contributed by atoms with Crippen LogP contribution in [0.3, 0.4) is 0 Å². The number of nitrogens with one attached hydrogen (secondary N) is 1. The van der Waals surface area contributed by atoms with Gasteiger partial charge in [-0.2, -0.15) is 0 Å². The fourth-order valence-corrected chi connectivity index (χ4v) is 2.69. The number of aromatic nitrogens is 2. The number of ether oxygens (including phenoxy) is 1. The zero-order valence-electron chi connectivity index (χ0n) is 15.8. The van der Waals surface area contributed by atoms with Crippen LogP contribution in [0.2, 0.25) is 0 Å². The van der Waals surface area contributed by atoms with Gasteiger partial charge in [-0.3, -0.25) is 19.0 Å². The summed E-state index contributed by atoms with van der Waals surface area (Å²) in [5, 5.41) is 2.37. The molecule has 0 saturated carbocycles. The molecule has 2 aromatic carbocycles. The highest BCUT2D eigenvalue weighted by Crippen LogP contribution is 2.08. The minimum Gasteiger partial charge on any atom is -0.454 e. The van der Waals surface area contributed by atoms with E-state index in [1.807, 2.05) is 30.3 Å². The number of halogens is 1. The molecule has 0 aliphatic heterocycles. The monoisotopic (exact) mass is 411 g/mol. The van der Waals surface area contributed by atoms with E-state index < -0.39 is 42.1 Å². The van der Waals surface area contributed by atoms with E-state index in [0.29, 0.717) is 0 Å². The summed E-state index contributed by atoms with van der Waals surface area (Å²) in [4.78, 5) is 48.4. The van der Waals surface area contributed by atoms with Crippen LogP contribution in [0.4, 0.5) is 10.1 Å². The lowest BCUT2D eigenvalue weighted by Crippen LogP contribution is -2.41. The molecular weight excluding hydrogens is 393 g/mol. The molecule has 1 N–H and O–H groups in total. The van der Waals surface area contributed by atoms with Gasteiger partial charge in [-0.15, -0.1) is 0 Å². The SMILES string of the molecule is O=C(COC(=O)Cn1c(=O)ccn(Cc2ccccc2)c1=O)Nc1cccc(F)c1. The Morgan fingerprint density at radius 1 is 1.00 bits per heavy atom. The van der Waals surface area contributed by atoms with Gasteiger partial charge in [-0.05, 0) is 23.8 Å². The van der Waals surface area contributed by atoms with Crippen molar-refractivity contribution in [2.75, 3.05) is 11.9 Å². The van der Waals surface area contributed by atoms with Crippen molar-refractivity contribution in [2.45, 2.75) is 13.1 Å². The first-order chi connectivity index (χ1) is 14.4. The first-order valence-corrected chi connectivity index (χ1v) is 8.97. The molecule has 3 aromatic rings. The molecular formula is C21H18FN3O5. The first-order valence-electron chi connectivity index (χ1n) is 8.97. The number of benzene rings is 2. The number of esters is 1. The Balaban J connectivity index is 1.62. The highest BCUT2D eigenvalue weighted by atomic mass is 19.1. The average Bonchev–Trinajstić information content (AvgIpc) is 2.72. The van der Waals surface area contributed by atoms with Crippen LogP contribution in [0.25, 0.3) is 0 Å². The van der Waals surface area contributed by atoms with Crippen LogP contribution >= 0.6 is 0 Å². The average molecular weight is 411 g/mol. The lowest BCUT2D eigenvalue weighted by atomic mass is 10.2. The number of amides is 1. The molecule has 0 radical (unpaired) electrons. The van der Waals surface area contributed by atoms with Crippen LogP contribution in [-0.2, 0) is 27.4 Å². The number of rotatable bonds is 7. The van der Waals surface area contributed by atoms with E-state index in [2.05, 4.69) is 5.32 Å². The number of hydrogen-bond acceptors (Lipinski definition) is 5. The van der Waals surface area contributed by atoms with E-state index in [9.17, 15) is 23.6 Å². The Morgan fingerprint density at radius 2 is 1.77 bits per heavy atom. The quantitative estimate of drug-likeness (QED) is 0.592. The first kappa shape index (κ1) is 20.7. The predicted molar refractivity (Wildman–Crippen MR) is 106 cm³/mol. The van der Waals surface area contributed by atoms with E-state index in [4.69, 9.17) is 4.74 Å². The van der Waals surface area contributed by atoms with Gasteiger partial charge < -0.3 is 10.1 Å². The second kappa shape index (κ2) is 9.46. The molecule has 0 aliphatic carbocycles. The number of carbonyl (C=O) groups is 2. The molecule has 0 bridgehead atoms. The van der Waals surface area contributed by atoms with Crippen molar-refractivity contribution in [3.63, 3.8) is 0 Å². The summed E-state index contributed by atoms with van der Waals surface area (Å²) < 4.78 is 20.0. The highest BCUT2D eigenvalue weighted by Gasteiger charge is 2.13. The molecule has 3 rings (SSSR count). The van der Waals surface area contributed by atoms with Crippen LogP contribution in [0.1, 0.15) is 5.56 Å². The molecule has 0 atom stereocenters. The summed E-state index contributed by atoms with van der Waals surface area (Å²) in [7, 11) is 0. The van der Waals surface area contributed by atoms with Gasteiger partial charge in [0, 0.05) is 18.0 Å². The fraction of sp³-hybridized carbons (Fsp3) is 0.143. The topological polar surface area (TPSA) is 99.4 Å². The summed E-state index contributed by atoms with van der Waals surface area (Å²) in [6, 6.07) is 15.5. The molecule has 0 fully saturated rings. The molecule has 9 heteroatoms. The third-order valence-electron chi connectivity index (χ3n) is 4.10. The molecule has 8 nitrogen and oxygen atoms in total. The smallest absolute Gasteiger partial charge is 0.331 e. The van der Waals surface area contributed by atoms with Crippen molar-refractivity contribution >= 4 is 17.6 Å². The largest absolute Gasteiger partial charge is 0.454 e. The summed E-state index contributed by atoms with van der Waals surface area (Å²) in [6.07, 6.45) is 1.35. The van der Waals surface area contributed by atoms with Crippen LogP contribution < -0.4 is 16.6 Å². The van der Waals surface area contributed by atoms with Crippen LogP contribution in [0, 0.1) is 5.82 Å². The van der Waals surface area contributed by atoms with Crippen molar-refractivity contribution < 1.29 is 18.7 Å². The van der Waals surface area contributed by atoms with E-state index >= 15 is 0 Å². The summed E-state index contributed by atoms with van der Waals surface area (Å²) in [6.45, 7) is -1.05. The summed E-state index contributed by atoms with van der Waals surface area (Å²) in [5.41, 5.74) is -0.279. The third-order valence-corrected chi connectivity index (χ3v) is 4.10. The molecule has 0 aliphatic rings. The van der Waals surface area contributed by atoms with E-state index in [1.54, 1.807) is 0 Å². The Morgan fingerprint density at radius 3 is 2.50 bits per heavy atom. The molecule has 0 saturated heterocycles. The van der Waals surface area contributed by atoms with Gasteiger partial charge in [0.25, 0.3) is 11.5 Å². The van der Waals surface area contributed by atoms with Gasteiger partial charge in [0.1, 0.15) is 12.4 Å². The molecule has 0 unspecified atom stereocenters. The second-order valence-corrected chi connectivity index (χ2v) is 6.36. The summed E-state index contributed by atoms with van der Waals surface area (Å²) >= 11 is 0. The van der Waals surface area contributed by atoms with Crippen LogP contribution in [0.15, 0.2) is 76.4 Å². The molecule has 1 heterocycles. The maximum atomic E-state index is 13.1. The van der Waals surface area contributed by atoms with E-state index in [1.165, 1.54) is 35.0 Å². The number of nitrogens with zero attached hydrogens (tertiary/aromatic N) is 2. The Bertz CT molecular complexity index is 1170. The maximum Gasteiger partial charge on any atom is 0.331 e. The van der Waals surface area contributed by atoms with Crippen molar-refractivity contribution in [3.8, 4) is 0 Å². The molecule has 30 heavy (non-hydrogen) atoms. The van der Waals surface area contributed by atoms with Crippen LogP contribution in [-0.4, -0.2) is 27.6 Å². The summed E-state index contributed by atoms with van der Waals surface area (Å²) in [5.74, 6) is -2.14.